The van der Waals surface area contributed by atoms with E-state index in [1.807, 2.05) is 13.8 Å². The molecule has 2 aliphatic carbocycles. The van der Waals surface area contributed by atoms with Crippen LogP contribution in [0.2, 0.25) is 0 Å². The van der Waals surface area contributed by atoms with Crippen molar-refractivity contribution < 1.29 is 19.4 Å². The summed E-state index contributed by atoms with van der Waals surface area (Å²) in [5.74, 6) is -0.880. The third-order valence-corrected chi connectivity index (χ3v) is 6.09. The molecule has 0 spiro atoms. The Kier molecular flexibility index (Phi) is 3.26. The minimum Gasteiger partial charge on any atom is -0.458 e. The molecule has 0 amide bonds. The summed E-state index contributed by atoms with van der Waals surface area (Å²) in [6, 6.07) is 0. The third-order valence-electron chi connectivity index (χ3n) is 6.09. The molecule has 0 aromatic heterocycles. The van der Waals surface area contributed by atoms with Gasteiger partial charge in [0.15, 0.2) is 5.78 Å². The number of carbonyl (C=O) groups is 2. The molecule has 3 aliphatic rings. The predicted octanol–water partition coefficient (Wildman–Crippen LogP) is 2.66. The number of ether oxygens (including phenoxy) is 1. The smallest absolute Gasteiger partial charge is 0.316 e. The molecule has 6 atom stereocenters. The highest BCUT2D eigenvalue weighted by atomic mass is 16.6. The lowest BCUT2D eigenvalue weighted by atomic mass is 9.47. The van der Waals surface area contributed by atoms with Crippen LogP contribution in [0.25, 0.3) is 0 Å². The first-order valence-corrected chi connectivity index (χ1v) is 8.24. The van der Waals surface area contributed by atoms with Crippen LogP contribution in [0.3, 0.4) is 0 Å². The number of aliphatic hydroxyl groups excluding tert-OH is 1. The number of ketones is 1. The van der Waals surface area contributed by atoms with Crippen molar-refractivity contribution in [2.24, 2.45) is 28.1 Å². The molecule has 0 radical (unpaired) electrons. The van der Waals surface area contributed by atoms with Gasteiger partial charge in [-0.15, -0.1) is 0 Å². The molecule has 1 saturated heterocycles. The van der Waals surface area contributed by atoms with Crippen LogP contribution in [-0.4, -0.2) is 29.1 Å². The standard InChI is InChI=1S/C19H26O4/c1-10-11(9-17(2,3)4)19(6)12(20)7-8-18(5)15(19)14(13(10)21)23-16(18)22/h7-8,11,13-15,21H,1,9H2,2-6H3/t11-,13-,14-,15-,18+,19-/m0/s1. The fourth-order valence-electron chi connectivity index (χ4n) is 4.90. The second-order valence-corrected chi connectivity index (χ2v) is 8.95. The Morgan fingerprint density at radius 2 is 1.91 bits per heavy atom. The van der Waals surface area contributed by atoms with Gasteiger partial charge < -0.3 is 9.84 Å². The quantitative estimate of drug-likeness (QED) is 0.596. The zero-order valence-electron chi connectivity index (χ0n) is 14.6. The van der Waals surface area contributed by atoms with Gasteiger partial charge in [0, 0.05) is 11.3 Å². The normalized spacial score (nSPS) is 45.9. The van der Waals surface area contributed by atoms with E-state index in [-0.39, 0.29) is 29.0 Å². The molecule has 0 aromatic carbocycles. The maximum Gasteiger partial charge on any atom is 0.316 e. The first-order chi connectivity index (χ1) is 10.4. The van der Waals surface area contributed by atoms with Crippen LogP contribution in [0.4, 0.5) is 0 Å². The van der Waals surface area contributed by atoms with E-state index in [2.05, 4.69) is 27.4 Å². The Balaban J connectivity index is 2.19. The molecular weight excluding hydrogens is 292 g/mol. The first-order valence-electron chi connectivity index (χ1n) is 8.24. The first kappa shape index (κ1) is 16.4. The zero-order valence-corrected chi connectivity index (χ0v) is 14.6. The summed E-state index contributed by atoms with van der Waals surface area (Å²) in [7, 11) is 0. The molecule has 23 heavy (non-hydrogen) atoms. The Labute approximate surface area is 137 Å². The molecule has 1 saturated carbocycles. The topological polar surface area (TPSA) is 63.6 Å². The molecule has 1 heterocycles. The van der Waals surface area contributed by atoms with E-state index in [0.717, 1.165) is 6.42 Å². The van der Waals surface area contributed by atoms with Gasteiger partial charge >= 0.3 is 5.97 Å². The molecule has 0 bridgehead atoms. The molecule has 0 unspecified atom stereocenters. The van der Waals surface area contributed by atoms with Crippen molar-refractivity contribution in [1.29, 1.82) is 0 Å². The lowest BCUT2D eigenvalue weighted by Crippen LogP contribution is -2.60. The SMILES string of the molecule is C=C1[C@H](O)[C@@H]2OC(=O)[C@]3(C)C=CC(=O)[C@@](C)([C@@H]23)[C@H]1CC(C)(C)C. The number of hydrogen-bond donors (Lipinski definition) is 1. The Hall–Kier alpha value is -1.42. The van der Waals surface area contributed by atoms with Gasteiger partial charge in [-0.05, 0) is 36.3 Å². The predicted molar refractivity (Wildman–Crippen MR) is 86.4 cm³/mol. The summed E-state index contributed by atoms with van der Waals surface area (Å²) in [6.07, 6.45) is 2.33. The van der Waals surface area contributed by atoms with Crippen LogP contribution in [-0.2, 0) is 14.3 Å². The van der Waals surface area contributed by atoms with Crippen LogP contribution >= 0.6 is 0 Å². The number of carbonyl (C=O) groups excluding carboxylic acids is 2. The lowest BCUT2D eigenvalue weighted by molar-refractivity contribution is -0.151. The van der Waals surface area contributed by atoms with Crippen LogP contribution in [0.1, 0.15) is 41.0 Å². The van der Waals surface area contributed by atoms with Crippen molar-refractivity contribution >= 4 is 11.8 Å². The molecular formula is C19H26O4. The summed E-state index contributed by atoms with van der Waals surface area (Å²) in [5.41, 5.74) is -1.04. The van der Waals surface area contributed by atoms with Gasteiger partial charge in [0.25, 0.3) is 0 Å². The van der Waals surface area contributed by atoms with Gasteiger partial charge in [-0.25, -0.2) is 0 Å². The van der Waals surface area contributed by atoms with E-state index < -0.39 is 23.0 Å². The van der Waals surface area contributed by atoms with E-state index in [1.165, 1.54) is 6.08 Å². The summed E-state index contributed by atoms with van der Waals surface area (Å²) >= 11 is 0. The second-order valence-electron chi connectivity index (χ2n) is 8.95. The molecule has 2 fully saturated rings. The highest BCUT2D eigenvalue weighted by molar-refractivity contribution is 6.00. The van der Waals surface area contributed by atoms with Crippen molar-refractivity contribution in [1.82, 2.24) is 0 Å². The molecule has 126 valence electrons. The minimum atomic E-state index is -0.912. The fourth-order valence-corrected chi connectivity index (χ4v) is 4.90. The highest BCUT2D eigenvalue weighted by Crippen LogP contribution is 2.63. The summed E-state index contributed by atoms with van der Waals surface area (Å²) in [6.45, 7) is 14.2. The average Bonchev–Trinajstić information content (AvgIpc) is 2.70. The van der Waals surface area contributed by atoms with Gasteiger partial charge in [0.05, 0.1) is 5.41 Å². The van der Waals surface area contributed by atoms with E-state index in [0.29, 0.717) is 5.57 Å². The number of hydrogen-bond acceptors (Lipinski definition) is 4. The maximum atomic E-state index is 12.9. The highest BCUT2D eigenvalue weighted by Gasteiger charge is 2.70. The van der Waals surface area contributed by atoms with Crippen molar-refractivity contribution in [3.05, 3.63) is 24.3 Å². The second kappa shape index (κ2) is 4.56. The fraction of sp³-hybridized carbons (Fsp3) is 0.684. The van der Waals surface area contributed by atoms with Crippen LogP contribution < -0.4 is 0 Å². The zero-order chi connectivity index (χ0) is 17.4. The van der Waals surface area contributed by atoms with Crippen molar-refractivity contribution in [2.45, 2.75) is 53.2 Å². The molecule has 1 aliphatic heterocycles. The molecule has 3 rings (SSSR count). The van der Waals surface area contributed by atoms with E-state index in [9.17, 15) is 14.7 Å². The van der Waals surface area contributed by atoms with E-state index >= 15 is 0 Å². The molecule has 1 N–H and O–H groups in total. The summed E-state index contributed by atoms with van der Waals surface area (Å²) < 4.78 is 5.50. The van der Waals surface area contributed by atoms with Gasteiger partial charge in [-0.1, -0.05) is 40.3 Å². The Morgan fingerprint density at radius 1 is 1.30 bits per heavy atom. The molecule has 4 heteroatoms. The van der Waals surface area contributed by atoms with Gasteiger partial charge in [-0.3, -0.25) is 9.59 Å². The van der Waals surface area contributed by atoms with Gasteiger partial charge in [0.2, 0.25) is 0 Å². The number of esters is 1. The Morgan fingerprint density at radius 3 is 2.48 bits per heavy atom. The molecule has 4 nitrogen and oxygen atoms in total. The van der Waals surface area contributed by atoms with Crippen LogP contribution in [0.5, 0.6) is 0 Å². The van der Waals surface area contributed by atoms with Gasteiger partial charge in [-0.2, -0.15) is 0 Å². The Bertz CT molecular complexity index is 626. The van der Waals surface area contributed by atoms with Crippen LogP contribution in [0.15, 0.2) is 24.3 Å². The van der Waals surface area contributed by atoms with Gasteiger partial charge in [0.1, 0.15) is 12.2 Å². The lowest BCUT2D eigenvalue weighted by Gasteiger charge is -2.54. The van der Waals surface area contributed by atoms with E-state index in [1.54, 1.807) is 6.08 Å². The van der Waals surface area contributed by atoms with Crippen molar-refractivity contribution in [3.63, 3.8) is 0 Å². The van der Waals surface area contributed by atoms with E-state index in [4.69, 9.17) is 4.74 Å². The average molecular weight is 318 g/mol. The minimum absolute atomic E-state index is 0.00516. The third kappa shape index (κ3) is 2.00. The van der Waals surface area contributed by atoms with Crippen molar-refractivity contribution in [3.8, 4) is 0 Å². The number of rotatable bonds is 1. The number of allylic oxidation sites excluding steroid dienone is 1. The number of aliphatic hydroxyl groups is 1. The largest absolute Gasteiger partial charge is 0.458 e. The summed E-state index contributed by atoms with van der Waals surface area (Å²) in [5, 5.41) is 10.7. The monoisotopic (exact) mass is 318 g/mol. The molecule has 0 aromatic rings. The van der Waals surface area contributed by atoms with Crippen LogP contribution in [0, 0.1) is 28.1 Å². The maximum absolute atomic E-state index is 12.9. The van der Waals surface area contributed by atoms with Crippen molar-refractivity contribution in [2.75, 3.05) is 0 Å². The summed E-state index contributed by atoms with van der Waals surface area (Å²) in [4.78, 5) is 25.3.